The molecule has 0 aromatic rings. The lowest BCUT2D eigenvalue weighted by molar-refractivity contribution is -0.146. The molecule has 4 saturated carbocycles. The molecule has 0 unspecified atom stereocenters. The van der Waals surface area contributed by atoms with Crippen LogP contribution in [-0.2, 0) is 9.53 Å². The molecular formula is C16H25NO3. The van der Waals surface area contributed by atoms with E-state index < -0.39 is 17.5 Å². The van der Waals surface area contributed by atoms with Crippen molar-refractivity contribution in [2.45, 2.75) is 64.8 Å². The van der Waals surface area contributed by atoms with E-state index in [4.69, 9.17) is 4.74 Å². The summed E-state index contributed by atoms with van der Waals surface area (Å²) in [6, 6.07) is 0. The molecule has 4 fully saturated rings. The van der Waals surface area contributed by atoms with E-state index in [2.05, 4.69) is 5.32 Å². The van der Waals surface area contributed by atoms with Gasteiger partial charge in [0.1, 0.15) is 0 Å². The van der Waals surface area contributed by atoms with Gasteiger partial charge >= 0.3 is 12.1 Å². The number of alkyl carbamates (subject to hydrolysis) is 1. The second kappa shape index (κ2) is 4.47. The van der Waals surface area contributed by atoms with Crippen LogP contribution in [0.25, 0.3) is 0 Å². The number of nitrogens with one attached hydrogen (secondary N) is 1. The van der Waals surface area contributed by atoms with Crippen molar-refractivity contribution in [3.05, 3.63) is 0 Å². The predicted octanol–water partition coefficient (Wildman–Crippen LogP) is 3.25. The van der Waals surface area contributed by atoms with Crippen LogP contribution in [0.5, 0.6) is 0 Å². The Morgan fingerprint density at radius 3 is 1.85 bits per heavy atom. The molecule has 1 N–H and O–H groups in total. The summed E-state index contributed by atoms with van der Waals surface area (Å²) in [5, 5.41) is 3.05. The smallest absolute Gasteiger partial charge is 0.376 e. The third-order valence-electron chi connectivity index (χ3n) is 5.20. The van der Waals surface area contributed by atoms with E-state index in [1.165, 1.54) is 19.3 Å². The molecule has 4 nitrogen and oxygen atoms in total. The van der Waals surface area contributed by atoms with Gasteiger partial charge in [-0.2, -0.15) is 0 Å². The number of hydrogen-bond acceptors (Lipinski definition) is 3. The van der Waals surface area contributed by atoms with Crippen LogP contribution in [0.4, 0.5) is 4.79 Å². The molecule has 0 heterocycles. The number of carbonyl (C=O) groups excluding carboxylic acids is 2. The van der Waals surface area contributed by atoms with E-state index in [1.54, 1.807) is 20.8 Å². The second-order valence-corrected chi connectivity index (χ2v) is 8.25. The fraction of sp³-hybridized carbons (Fsp3) is 0.875. The van der Waals surface area contributed by atoms with Crippen LogP contribution in [0.3, 0.4) is 0 Å². The summed E-state index contributed by atoms with van der Waals surface area (Å²) in [6.07, 6.45) is 6.64. The Bertz CT molecular complexity index is 400. The Balaban J connectivity index is 1.63. The number of esters is 1. The molecule has 0 radical (unpaired) electrons. The molecule has 4 heteroatoms. The molecule has 4 rings (SSSR count). The number of carbonyl (C=O) groups is 2. The highest BCUT2D eigenvalue weighted by atomic mass is 16.6. The van der Waals surface area contributed by atoms with Crippen molar-refractivity contribution in [2.24, 2.45) is 23.2 Å². The molecule has 0 aromatic heterocycles. The van der Waals surface area contributed by atoms with E-state index in [1.807, 2.05) is 0 Å². The zero-order valence-electron chi connectivity index (χ0n) is 12.7. The Kier molecular flexibility index (Phi) is 3.11. The second-order valence-electron chi connectivity index (χ2n) is 8.25. The molecule has 4 aliphatic carbocycles. The molecule has 0 aromatic carbocycles. The Hall–Kier alpha value is -1.06. The van der Waals surface area contributed by atoms with Crippen LogP contribution >= 0.6 is 0 Å². The minimum absolute atomic E-state index is 0.0933. The van der Waals surface area contributed by atoms with Gasteiger partial charge in [-0.3, -0.25) is 4.79 Å². The summed E-state index contributed by atoms with van der Waals surface area (Å²) in [5.74, 6) is 1.83. The summed E-state index contributed by atoms with van der Waals surface area (Å²) in [5.41, 5.74) is -0.733. The van der Waals surface area contributed by atoms with Gasteiger partial charge in [-0.15, -0.1) is 0 Å². The molecule has 0 aliphatic heterocycles. The number of hydrogen-bond donors (Lipinski definition) is 1. The highest BCUT2D eigenvalue weighted by Crippen LogP contribution is 2.55. The Morgan fingerprint density at radius 2 is 1.45 bits per heavy atom. The average molecular weight is 279 g/mol. The van der Waals surface area contributed by atoms with Crippen molar-refractivity contribution in [2.75, 3.05) is 0 Å². The minimum atomic E-state index is -0.640. The highest BCUT2D eigenvalue weighted by molar-refractivity contribution is 5.87. The monoisotopic (exact) mass is 279 g/mol. The lowest BCUT2D eigenvalue weighted by atomic mass is 9.53. The third-order valence-corrected chi connectivity index (χ3v) is 5.20. The van der Waals surface area contributed by atoms with Gasteiger partial charge in [-0.1, -0.05) is 0 Å². The maximum absolute atomic E-state index is 12.0. The van der Waals surface area contributed by atoms with Gasteiger partial charge in [0, 0.05) is 5.54 Å². The third kappa shape index (κ3) is 2.57. The van der Waals surface area contributed by atoms with E-state index >= 15 is 0 Å². The van der Waals surface area contributed by atoms with Gasteiger partial charge in [-0.25, -0.2) is 4.79 Å². The molecular weight excluding hydrogens is 254 g/mol. The molecule has 4 aliphatic rings. The first kappa shape index (κ1) is 13.9. The van der Waals surface area contributed by atoms with Crippen molar-refractivity contribution in [1.82, 2.24) is 5.32 Å². The van der Waals surface area contributed by atoms with Crippen molar-refractivity contribution >= 4 is 12.1 Å². The quantitative estimate of drug-likeness (QED) is 0.592. The first-order valence-electron chi connectivity index (χ1n) is 7.80. The molecule has 112 valence electrons. The van der Waals surface area contributed by atoms with E-state index in [0.717, 1.165) is 37.0 Å². The van der Waals surface area contributed by atoms with Crippen molar-refractivity contribution < 1.29 is 14.3 Å². The summed E-state index contributed by atoms with van der Waals surface area (Å²) >= 11 is 0. The van der Waals surface area contributed by atoms with E-state index in [-0.39, 0.29) is 5.54 Å². The maximum Gasteiger partial charge on any atom is 0.415 e. The van der Waals surface area contributed by atoms with Gasteiger partial charge < -0.3 is 10.1 Å². The van der Waals surface area contributed by atoms with Gasteiger partial charge in [-0.05, 0) is 77.0 Å². The van der Waals surface area contributed by atoms with Crippen molar-refractivity contribution in [1.29, 1.82) is 0 Å². The van der Waals surface area contributed by atoms with E-state index in [9.17, 15) is 9.59 Å². The van der Waals surface area contributed by atoms with Gasteiger partial charge in [0.25, 0.3) is 0 Å². The van der Waals surface area contributed by atoms with Crippen molar-refractivity contribution in [3.63, 3.8) is 0 Å². The van der Waals surface area contributed by atoms with Crippen LogP contribution in [0.15, 0.2) is 0 Å². The van der Waals surface area contributed by atoms with Gasteiger partial charge in [0.05, 0.1) is 5.41 Å². The van der Waals surface area contributed by atoms with Crippen molar-refractivity contribution in [3.8, 4) is 0 Å². The normalized spacial score (nSPS) is 38.6. The lowest BCUT2D eigenvalue weighted by Gasteiger charge is -2.56. The highest BCUT2D eigenvalue weighted by Gasteiger charge is 2.52. The van der Waals surface area contributed by atoms with Crippen LogP contribution in [0.2, 0.25) is 0 Å². The summed E-state index contributed by atoms with van der Waals surface area (Å²) in [6.45, 7) is 5.27. The maximum atomic E-state index is 12.0. The largest absolute Gasteiger partial charge is 0.415 e. The van der Waals surface area contributed by atoms with Crippen LogP contribution in [0.1, 0.15) is 59.3 Å². The fourth-order valence-electron chi connectivity index (χ4n) is 4.74. The predicted molar refractivity (Wildman–Crippen MR) is 75.0 cm³/mol. The molecule has 4 bridgehead atoms. The van der Waals surface area contributed by atoms with Gasteiger partial charge in [0.15, 0.2) is 0 Å². The molecule has 0 atom stereocenters. The number of rotatable bonds is 1. The topological polar surface area (TPSA) is 55.4 Å². The Morgan fingerprint density at radius 1 is 1.00 bits per heavy atom. The average Bonchev–Trinajstić information content (AvgIpc) is 2.23. The fourth-order valence-corrected chi connectivity index (χ4v) is 4.74. The zero-order valence-corrected chi connectivity index (χ0v) is 12.7. The van der Waals surface area contributed by atoms with Crippen LogP contribution in [0, 0.1) is 23.2 Å². The SMILES string of the molecule is CC(C)(C)C(=O)OC(=O)NC12CC3CC(CC(C3)C1)C2. The summed E-state index contributed by atoms with van der Waals surface area (Å²) < 4.78 is 4.96. The molecule has 0 spiro atoms. The first-order valence-corrected chi connectivity index (χ1v) is 7.80. The molecule has 1 amide bonds. The molecule has 20 heavy (non-hydrogen) atoms. The van der Waals surface area contributed by atoms with Gasteiger partial charge in [0.2, 0.25) is 0 Å². The minimum Gasteiger partial charge on any atom is -0.376 e. The standard InChI is InChI=1S/C16H25NO3/c1-15(2,3)13(18)20-14(19)17-16-7-10-4-11(8-16)6-12(5-10)9-16/h10-12H,4-9H2,1-3H3,(H,17,19). The summed E-state index contributed by atoms with van der Waals surface area (Å²) in [4.78, 5) is 23.8. The summed E-state index contributed by atoms with van der Waals surface area (Å²) in [7, 11) is 0. The van der Waals surface area contributed by atoms with E-state index in [0.29, 0.717) is 0 Å². The van der Waals surface area contributed by atoms with Crippen LogP contribution < -0.4 is 5.32 Å². The zero-order chi connectivity index (χ0) is 14.5. The first-order chi connectivity index (χ1) is 9.26. The Labute approximate surface area is 120 Å². The molecule has 0 saturated heterocycles. The number of ether oxygens (including phenoxy) is 1. The number of amides is 1. The van der Waals surface area contributed by atoms with Crippen LogP contribution in [-0.4, -0.2) is 17.6 Å². The lowest BCUT2D eigenvalue weighted by Crippen LogP contribution is -2.60.